The van der Waals surface area contributed by atoms with Crippen LogP contribution in [-0.4, -0.2) is 25.7 Å². The third-order valence-electron chi connectivity index (χ3n) is 4.58. The number of aromatic nitrogens is 4. The van der Waals surface area contributed by atoms with Crippen LogP contribution in [0.5, 0.6) is 0 Å². The number of aryl methyl sites for hydroxylation is 2. The largest absolute Gasteiger partial charge is 0.342 e. The Morgan fingerprint density at radius 2 is 1.81 bits per heavy atom. The van der Waals surface area contributed by atoms with Crippen molar-refractivity contribution in [3.05, 3.63) is 71.8 Å². The zero-order chi connectivity index (χ0) is 18.8. The SMILES string of the molecule is Cc1nn(-c2ccccc2)c(C)c1NC(=O)CCc1nc2ccccc2[nH]1. The maximum absolute atomic E-state index is 12.5. The number of aromatic amines is 1. The summed E-state index contributed by atoms with van der Waals surface area (Å²) in [6.07, 6.45) is 0.917. The number of carbonyl (C=O) groups is 1. The fourth-order valence-electron chi connectivity index (χ4n) is 3.20. The van der Waals surface area contributed by atoms with Gasteiger partial charge in [-0.15, -0.1) is 0 Å². The Kier molecular flexibility index (Phi) is 4.46. The third-order valence-corrected chi connectivity index (χ3v) is 4.58. The van der Waals surface area contributed by atoms with Gasteiger partial charge >= 0.3 is 0 Å². The van der Waals surface area contributed by atoms with Crippen LogP contribution in [0, 0.1) is 13.8 Å². The van der Waals surface area contributed by atoms with Crippen molar-refractivity contribution in [1.29, 1.82) is 0 Å². The number of amides is 1. The molecule has 0 spiro atoms. The molecule has 0 saturated carbocycles. The number of nitrogens with one attached hydrogen (secondary N) is 2. The van der Waals surface area contributed by atoms with E-state index in [2.05, 4.69) is 20.4 Å². The van der Waals surface area contributed by atoms with Gasteiger partial charge in [0.15, 0.2) is 0 Å². The van der Waals surface area contributed by atoms with Crippen molar-refractivity contribution in [2.24, 2.45) is 0 Å². The van der Waals surface area contributed by atoms with E-state index < -0.39 is 0 Å². The predicted octanol–water partition coefficient (Wildman–Crippen LogP) is 3.94. The van der Waals surface area contributed by atoms with Gasteiger partial charge in [-0.05, 0) is 38.1 Å². The molecule has 0 radical (unpaired) electrons. The van der Waals surface area contributed by atoms with E-state index in [0.29, 0.717) is 12.8 Å². The van der Waals surface area contributed by atoms with Crippen molar-refractivity contribution >= 4 is 22.6 Å². The number of benzene rings is 2. The highest BCUT2D eigenvalue weighted by molar-refractivity contribution is 5.92. The van der Waals surface area contributed by atoms with Crippen LogP contribution in [0.3, 0.4) is 0 Å². The first-order valence-electron chi connectivity index (χ1n) is 8.97. The number of fused-ring (bicyclic) bond motifs is 1. The van der Waals surface area contributed by atoms with E-state index in [-0.39, 0.29) is 5.91 Å². The van der Waals surface area contributed by atoms with Gasteiger partial charge in [-0.3, -0.25) is 4.79 Å². The lowest BCUT2D eigenvalue weighted by molar-refractivity contribution is -0.116. The summed E-state index contributed by atoms with van der Waals surface area (Å²) in [4.78, 5) is 20.2. The number of carbonyl (C=O) groups excluding carboxylic acids is 1. The van der Waals surface area contributed by atoms with Gasteiger partial charge in [0.25, 0.3) is 0 Å². The summed E-state index contributed by atoms with van der Waals surface area (Å²) < 4.78 is 1.85. The van der Waals surface area contributed by atoms with Crippen LogP contribution in [0.4, 0.5) is 5.69 Å². The van der Waals surface area contributed by atoms with E-state index in [1.54, 1.807) is 0 Å². The molecule has 4 aromatic rings. The summed E-state index contributed by atoms with van der Waals surface area (Å²) in [5.74, 6) is 0.772. The number of H-pyrrole nitrogens is 1. The predicted molar refractivity (Wildman–Crippen MR) is 106 cm³/mol. The Bertz CT molecular complexity index is 1060. The van der Waals surface area contributed by atoms with Crippen LogP contribution in [0.1, 0.15) is 23.6 Å². The van der Waals surface area contributed by atoms with Crippen LogP contribution < -0.4 is 5.32 Å². The van der Waals surface area contributed by atoms with Gasteiger partial charge in [0.1, 0.15) is 5.82 Å². The van der Waals surface area contributed by atoms with Crippen LogP contribution in [0.15, 0.2) is 54.6 Å². The van der Waals surface area contributed by atoms with Crippen molar-refractivity contribution in [2.45, 2.75) is 26.7 Å². The topological polar surface area (TPSA) is 75.6 Å². The standard InChI is InChI=1S/C21H21N5O/c1-14-21(15(2)26(25-14)16-8-4-3-5-9-16)24-20(27)13-12-19-22-17-10-6-7-11-18(17)23-19/h3-11H,12-13H2,1-2H3,(H,22,23)(H,24,27). The lowest BCUT2D eigenvalue weighted by Crippen LogP contribution is -2.14. The lowest BCUT2D eigenvalue weighted by atomic mass is 10.2. The van der Waals surface area contributed by atoms with Crippen LogP contribution in [-0.2, 0) is 11.2 Å². The molecular weight excluding hydrogens is 338 g/mol. The number of nitrogens with zero attached hydrogens (tertiary/aromatic N) is 3. The van der Waals surface area contributed by atoms with E-state index in [0.717, 1.165) is 39.6 Å². The van der Waals surface area contributed by atoms with Crippen molar-refractivity contribution < 1.29 is 4.79 Å². The number of para-hydroxylation sites is 3. The van der Waals surface area contributed by atoms with Gasteiger partial charge in [-0.25, -0.2) is 9.67 Å². The van der Waals surface area contributed by atoms with Crippen molar-refractivity contribution in [3.8, 4) is 5.69 Å². The van der Waals surface area contributed by atoms with Crippen molar-refractivity contribution in [3.63, 3.8) is 0 Å². The fraction of sp³-hybridized carbons (Fsp3) is 0.190. The molecule has 0 aliphatic rings. The molecule has 2 aromatic heterocycles. The molecule has 6 heteroatoms. The van der Waals surface area contributed by atoms with Gasteiger partial charge in [0.2, 0.25) is 5.91 Å². The molecule has 27 heavy (non-hydrogen) atoms. The highest BCUT2D eigenvalue weighted by Gasteiger charge is 2.15. The fourth-order valence-corrected chi connectivity index (χ4v) is 3.20. The monoisotopic (exact) mass is 359 g/mol. The minimum atomic E-state index is -0.0470. The molecular formula is C21H21N5O. The lowest BCUT2D eigenvalue weighted by Gasteiger charge is -2.07. The average molecular weight is 359 g/mol. The molecule has 4 rings (SSSR count). The number of anilines is 1. The second kappa shape index (κ2) is 7.07. The molecule has 0 aliphatic carbocycles. The molecule has 1 amide bonds. The molecule has 0 atom stereocenters. The Hall–Kier alpha value is -3.41. The Balaban J connectivity index is 1.46. The molecule has 6 nitrogen and oxygen atoms in total. The number of rotatable bonds is 5. The maximum atomic E-state index is 12.5. The van der Waals surface area contributed by atoms with E-state index in [1.165, 1.54) is 0 Å². The number of hydrogen-bond acceptors (Lipinski definition) is 3. The van der Waals surface area contributed by atoms with Crippen LogP contribution in [0.25, 0.3) is 16.7 Å². The first-order valence-corrected chi connectivity index (χ1v) is 8.97. The quantitative estimate of drug-likeness (QED) is 0.567. The molecule has 0 unspecified atom stereocenters. The van der Waals surface area contributed by atoms with Crippen LogP contribution in [0.2, 0.25) is 0 Å². The molecule has 0 saturated heterocycles. The smallest absolute Gasteiger partial charge is 0.224 e. The molecule has 0 bridgehead atoms. The number of imidazole rings is 1. The summed E-state index contributed by atoms with van der Waals surface area (Å²) in [7, 11) is 0. The summed E-state index contributed by atoms with van der Waals surface area (Å²) in [5.41, 5.74) is 5.37. The summed E-state index contributed by atoms with van der Waals surface area (Å²) in [5, 5.41) is 7.57. The third kappa shape index (κ3) is 3.46. The molecule has 136 valence electrons. The first-order chi connectivity index (χ1) is 13.1. The van der Waals surface area contributed by atoms with Gasteiger partial charge in [0.05, 0.1) is 33.8 Å². The minimum absolute atomic E-state index is 0.0470. The Morgan fingerprint density at radius 1 is 1.07 bits per heavy atom. The molecule has 2 aromatic carbocycles. The Morgan fingerprint density at radius 3 is 2.59 bits per heavy atom. The zero-order valence-electron chi connectivity index (χ0n) is 15.4. The summed E-state index contributed by atoms with van der Waals surface area (Å²) >= 11 is 0. The number of hydrogen-bond donors (Lipinski definition) is 2. The maximum Gasteiger partial charge on any atom is 0.224 e. The normalized spacial score (nSPS) is 11.0. The van der Waals surface area contributed by atoms with E-state index in [1.807, 2.05) is 73.1 Å². The zero-order valence-corrected chi connectivity index (χ0v) is 15.4. The highest BCUT2D eigenvalue weighted by Crippen LogP contribution is 2.23. The van der Waals surface area contributed by atoms with Crippen molar-refractivity contribution in [1.82, 2.24) is 19.7 Å². The molecule has 0 aliphatic heterocycles. The average Bonchev–Trinajstić information content (AvgIpc) is 3.23. The second-order valence-electron chi connectivity index (χ2n) is 6.54. The van der Waals surface area contributed by atoms with Gasteiger partial charge < -0.3 is 10.3 Å². The van der Waals surface area contributed by atoms with Gasteiger partial charge in [-0.1, -0.05) is 30.3 Å². The first kappa shape index (κ1) is 17.0. The summed E-state index contributed by atoms with van der Waals surface area (Å²) in [6.45, 7) is 3.86. The van der Waals surface area contributed by atoms with Gasteiger partial charge in [-0.2, -0.15) is 5.10 Å². The molecule has 2 N–H and O–H groups in total. The summed E-state index contributed by atoms with van der Waals surface area (Å²) in [6, 6.07) is 17.8. The minimum Gasteiger partial charge on any atom is -0.342 e. The van der Waals surface area contributed by atoms with Crippen LogP contribution >= 0.6 is 0 Å². The van der Waals surface area contributed by atoms with E-state index >= 15 is 0 Å². The molecule has 0 fully saturated rings. The van der Waals surface area contributed by atoms with E-state index in [4.69, 9.17) is 0 Å². The van der Waals surface area contributed by atoms with Gasteiger partial charge in [0, 0.05) is 12.8 Å². The molecule has 2 heterocycles. The Labute approximate surface area is 157 Å². The van der Waals surface area contributed by atoms with E-state index in [9.17, 15) is 4.79 Å². The second-order valence-corrected chi connectivity index (χ2v) is 6.54. The highest BCUT2D eigenvalue weighted by atomic mass is 16.1. The van der Waals surface area contributed by atoms with Crippen molar-refractivity contribution in [2.75, 3.05) is 5.32 Å².